The van der Waals surface area contributed by atoms with Crippen LogP contribution in [0.2, 0.25) is 0 Å². The molecule has 0 aliphatic carbocycles. The van der Waals surface area contributed by atoms with Crippen LogP contribution >= 0.6 is 0 Å². The van der Waals surface area contributed by atoms with E-state index in [2.05, 4.69) is 15.8 Å². The van der Waals surface area contributed by atoms with Crippen LogP contribution < -0.4 is 15.5 Å². The Kier molecular flexibility index (Phi) is 6.38. The highest BCUT2D eigenvalue weighted by Crippen LogP contribution is 2.16. The number of rotatable bonds is 7. The highest BCUT2D eigenvalue weighted by Gasteiger charge is 2.12. The zero-order valence-electron chi connectivity index (χ0n) is 13.8. The lowest BCUT2D eigenvalue weighted by Crippen LogP contribution is -2.35. The zero-order valence-corrected chi connectivity index (χ0v) is 13.8. The minimum Gasteiger partial charge on any atom is -0.496 e. The Morgan fingerprint density at radius 2 is 2.00 bits per heavy atom. The van der Waals surface area contributed by atoms with Gasteiger partial charge < -0.3 is 10.1 Å². The summed E-state index contributed by atoms with van der Waals surface area (Å²) in [5, 5.41) is 16.8. The van der Waals surface area contributed by atoms with Crippen molar-refractivity contribution >= 4 is 23.7 Å². The molecule has 9 heteroatoms. The summed E-state index contributed by atoms with van der Waals surface area (Å²) in [6.07, 6.45) is 1.27. The molecule has 0 bridgehead atoms. The van der Waals surface area contributed by atoms with Gasteiger partial charge in [0.05, 0.1) is 30.4 Å². The number of para-hydroxylation sites is 1. The molecule has 0 spiro atoms. The number of nitrogens with zero attached hydrogens (tertiary/aromatic N) is 2. The van der Waals surface area contributed by atoms with Gasteiger partial charge in [-0.15, -0.1) is 0 Å². The van der Waals surface area contributed by atoms with Crippen molar-refractivity contribution < 1.29 is 19.2 Å². The lowest BCUT2D eigenvalue weighted by molar-refractivity contribution is -0.384. The van der Waals surface area contributed by atoms with E-state index in [1.807, 2.05) is 0 Å². The maximum atomic E-state index is 12.1. The van der Waals surface area contributed by atoms with Crippen LogP contribution in [0.15, 0.2) is 53.6 Å². The van der Waals surface area contributed by atoms with Gasteiger partial charge in [0, 0.05) is 17.7 Å². The van der Waals surface area contributed by atoms with Crippen molar-refractivity contribution in [3.8, 4) is 5.75 Å². The van der Waals surface area contributed by atoms with Crippen LogP contribution in [0.3, 0.4) is 0 Å². The van der Waals surface area contributed by atoms with Crippen LogP contribution in [0.5, 0.6) is 5.75 Å². The van der Waals surface area contributed by atoms with Crippen LogP contribution in [0, 0.1) is 10.1 Å². The van der Waals surface area contributed by atoms with Gasteiger partial charge in [-0.05, 0) is 12.1 Å². The van der Waals surface area contributed by atoms with E-state index < -0.39 is 16.7 Å². The normalized spacial score (nSPS) is 10.3. The predicted molar refractivity (Wildman–Crippen MR) is 94.2 cm³/mol. The molecule has 0 atom stereocenters. The van der Waals surface area contributed by atoms with E-state index in [1.54, 1.807) is 30.3 Å². The van der Waals surface area contributed by atoms with E-state index in [1.165, 1.54) is 31.5 Å². The second-order valence-corrected chi connectivity index (χ2v) is 5.03. The molecule has 2 aromatic rings. The number of benzene rings is 2. The number of carbonyl (C=O) groups excluding carboxylic acids is 2. The maximum absolute atomic E-state index is 12.1. The molecule has 0 heterocycles. The van der Waals surface area contributed by atoms with E-state index in [4.69, 9.17) is 4.74 Å². The number of methoxy groups -OCH3 is 1. The van der Waals surface area contributed by atoms with Crippen molar-refractivity contribution in [3.05, 3.63) is 69.8 Å². The predicted octanol–water partition coefficient (Wildman–Crippen LogP) is 1.48. The SMILES string of the molecule is COc1ccccc1C(=O)NCC(=O)N/N=C\c1cccc([N+](=O)[O-])c1. The van der Waals surface area contributed by atoms with Crippen LogP contribution in [0.25, 0.3) is 0 Å². The van der Waals surface area contributed by atoms with E-state index in [0.717, 1.165) is 0 Å². The lowest BCUT2D eigenvalue weighted by atomic mass is 10.2. The lowest BCUT2D eigenvalue weighted by Gasteiger charge is -2.08. The van der Waals surface area contributed by atoms with Crippen molar-refractivity contribution in [1.29, 1.82) is 0 Å². The summed E-state index contributed by atoms with van der Waals surface area (Å²) in [6, 6.07) is 12.4. The molecule has 2 rings (SSSR count). The fraction of sp³-hybridized carbons (Fsp3) is 0.118. The molecular formula is C17H16N4O5. The average Bonchev–Trinajstić information content (AvgIpc) is 2.66. The summed E-state index contributed by atoms with van der Waals surface area (Å²) in [5.74, 6) is -0.607. The number of nitro groups is 1. The summed E-state index contributed by atoms with van der Waals surface area (Å²) in [5.41, 5.74) is 2.91. The van der Waals surface area contributed by atoms with Crippen molar-refractivity contribution in [1.82, 2.24) is 10.7 Å². The van der Waals surface area contributed by atoms with Gasteiger partial charge in [-0.3, -0.25) is 19.7 Å². The van der Waals surface area contributed by atoms with E-state index in [0.29, 0.717) is 16.9 Å². The van der Waals surface area contributed by atoms with Gasteiger partial charge in [0.15, 0.2) is 0 Å². The molecule has 0 aromatic heterocycles. The minimum absolute atomic E-state index is 0.0793. The van der Waals surface area contributed by atoms with Crippen LogP contribution in [-0.4, -0.2) is 36.6 Å². The highest BCUT2D eigenvalue weighted by molar-refractivity contribution is 5.98. The molecule has 0 unspecified atom stereocenters. The van der Waals surface area contributed by atoms with E-state index in [9.17, 15) is 19.7 Å². The van der Waals surface area contributed by atoms with Gasteiger partial charge in [0.1, 0.15) is 5.75 Å². The maximum Gasteiger partial charge on any atom is 0.270 e. The Morgan fingerprint density at radius 3 is 2.73 bits per heavy atom. The number of nitrogens with one attached hydrogen (secondary N) is 2. The molecular weight excluding hydrogens is 340 g/mol. The van der Waals surface area contributed by atoms with E-state index >= 15 is 0 Å². The van der Waals surface area contributed by atoms with Crippen molar-refractivity contribution in [2.45, 2.75) is 0 Å². The molecule has 26 heavy (non-hydrogen) atoms. The van der Waals surface area contributed by atoms with Crippen molar-refractivity contribution in [3.63, 3.8) is 0 Å². The van der Waals surface area contributed by atoms with Crippen molar-refractivity contribution in [2.75, 3.05) is 13.7 Å². The quantitative estimate of drug-likeness (QED) is 0.442. The molecule has 2 aromatic carbocycles. The first kappa shape index (κ1) is 18.6. The Morgan fingerprint density at radius 1 is 1.23 bits per heavy atom. The van der Waals surface area contributed by atoms with E-state index in [-0.39, 0.29) is 12.2 Å². The van der Waals surface area contributed by atoms with Gasteiger partial charge in [0.25, 0.3) is 17.5 Å². The summed E-state index contributed by atoms with van der Waals surface area (Å²) < 4.78 is 5.08. The number of nitro benzene ring substituents is 1. The molecule has 0 aliphatic rings. The standard InChI is InChI=1S/C17H16N4O5/c1-26-15-8-3-2-7-14(15)17(23)18-11-16(22)20-19-10-12-5-4-6-13(9-12)21(24)25/h2-10H,11H2,1H3,(H,18,23)(H,20,22)/b19-10-. The smallest absolute Gasteiger partial charge is 0.270 e. The first-order valence-corrected chi connectivity index (χ1v) is 7.49. The summed E-state index contributed by atoms with van der Waals surface area (Å²) in [6.45, 7) is -0.289. The average molecular weight is 356 g/mol. The first-order valence-electron chi connectivity index (χ1n) is 7.49. The summed E-state index contributed by atoms with van der Waals surface area (Å²) in [4.78, 5) is 33.9. The molecule has 0 saturated heterocycles. The Hall–Kier alpha value is -3.75. The zero-order chi connectivity index (χ0) is 18.9. The van der Waals surface area contributed by atoms with Gasteiger partial charge in [-0.25, -0.2) is 5.43 Å². The number of ether oxygens (including phenoxy) is 1. The number of carbonyl (C=O) groups is 2. The van der Waals surface area contributed by atoms with Crippen LogP contribution in [-0.2, 0) is 4.79 Å². The first-order chi connectivity index (χ1) is 12.5. The third kappa shape index (κ3) is 5.13. The Bertz CT molecular complexity index is 851. The molecule has 2 amide bonds. The Labute approximate surface area is 148 Å². The number of hydrazone groups is 1. The number of non-ortho nitro benzene ring substituents is 1. The van der Waals surface area contributed by atoms with Crippen LogP contribution in [0.1, 0.15) is 15.9 Å². The molecule has 9 nitrogen and oxygen atoms in total. The number of hydrogen-bond acceptors (Lipinski definition) is 6. The third-order valence-corrected chi connectivity index (χ3v) is 3.25. The molecule has 134 valence electrons. The summed E-state index contributed by atoms with van der Waals surface area (Å²) >= 11 is 0. The fourth-order valence-electron chi connectivity index (χ4n) is 2.03. The van der Waals surface area contributed by atoms with Gasteiger partial charge in [-0.2, -0.15) is 5.10 Å². The molecule has 0 aliphatic heterocycles. The Balaban J connectivity index is 1.86. The summed E-state index contributed by atoms with van der Waals surface area (Å²) in [7, 11) is 1.45. The second kappa shape index (κ2) is 8.92. The number of amides is 2. The van der Waals surface area contributed by atoms with Gasteiger partial charge in [0.2, 0.25) is 0 Å². The monoisotopic (exact) mass is 356 g/mol. The number of hydrogen-bond donors (Lipinski definition) is 2. The molecule has 0 fully saturated rings. The second-order valence-electron chi connectivity index (χ2n) is 5.03. The van der Waals surface area contributed by atoms with Gasteiger partial charge >= 0.3 is 0 Å². The fourth-order valence-corrected chi connectivity index (χ4v) is 2.03. The van der Waals surface area contributed by atoms with Gasteiger partial charge in [-0.1, -0.05) is 24.3 Å². The largest absolute Gasteiger partial charge is 0.496 e. The topological polar surface area (TPSA) is 123 Å². The minimum atomic E-state index is -0.546. The molecule has 0 saturated carbocycles. The third-order valence-electron chi connectivity index (χ3n) is 3.25. The van der Waals surface area contributed by atoms with Crippen molar-refractivity contribution in [2.24, 2.45) is 5.10 Å². The molecule has 2 N–H and O–H groups in total. The van der Waals surface area contributed by atoms with Crippen LogP contribution in [0.4, 0.5) is 5.69 Å². The molecule has 0 radical (unpaired) electrons. The highest BCUT2D eigenvalue weighted by atomic mass is 16.6.